The fourth-order valence-corrected chi connectivity index (χ4v) is 5.62. The van der Waals surface area contributed by atoms with Gasteiger partial charge in [-0.25, -0.2) is 0 Å². The van der Waals surface area contributed by atoms with Crippen LogP contribution in [-0.4, -0.2) is 51.2 Å². The van der Waals surface area contributed by atoms with Gasteiger partial charge in [0.25, 0.3) is 5.69 Å². The molecule has 4 aromatic rings. The average molecular weight is 497 g/mol. The van der Waals surface area contributed by atoms with Crippen LogP contribution in [0.2, 0.25) is 0 Å². The van der Waals surface area contributed by atoms with Crippen LogP contribution in [0.4, 0.5) is 5.69 Å². The third-order valence-electron chi connectivity index (χ3n) is 7.32. The van der Waals surface area contributed by atoms with Crippen molar-refractivity contribution in [1.82, 2.24) is 14.8 Å². The first kappa shape index (κ1) is 22.8. The van der Waals surface area contributed by atoms with Gasteiger partial charge in [0, 0.05) is 47.3 Å². The molecule has 2 aliphatic rings. The summed E-state index contributed by atoms with van der Waals surface area (Å²) < 4.78 is 5.46. The van der Waals surface area contributed by atoms with Crippen LogP contribution in [0.25, 0.3) is 10.9 Å². The molecule has 1 aromatic heterocycles. The summed E-state index contributed by atoms with van der Waals surface area (Å²) in [5.41, 5.74) is 4.26. The number of carbonyl (C=O) groups excluding carboxylic acids is 2. The maximum absolute atomic E-state index is 13.9. The number of nitro groups is 1. The van der Waals surface area contributed by atoms with E-state index in [1.165, 1.54) is 12.1 Å². The molecule has 9 nitrogen and oxygen atoms in total. The van der Waals surface area contributed by atoms with Crippen molar-refractivity contribution in [2.75, 3.05) is 13.7 Å². The molecule has 0 saturated carbocycles. The summed E-state index contributed by atoms with van der Waals surface area (Å²) in [5.74, 6) is 0.358. The lowest BCUT2D eigenvalue weighted by molar-refractivity contribution is -0.384. The van der Waals surface area contributed by atoms with Crippen LogP contribution < -0.4 is 4.74 Å². The molecule has 2 amide bonds. The molecule has 9 heteroatoms. The molecule has 0 radical (unpaired) electrons. The number of hydrogen-bond acceptors (Lipinski definition) is 5. The highest BCUT2D eigenvalue weighted by atomic mass is 16.6. The number of fused-ring (bicyclic) bond motifs is 4. The number of piperazine rings is 1. The molecule has 0 spiro atoms. The van der Waals surface area contributed by atoms with Gasteiger partial charge in [0.1, 0.15) is 18.3 Å². The molecule has 186 valence electrons. The zero-order chi connectivity index (χ0) is 25.7. The lowest BCUT2D eigenvalue weighted by Crippen LogP contribution is -2.62. The summed E-state index contributed by atoms with van der Waals surface area (Å²) in [6, 6.07) is 20.3. The van der Waals surface area contributed by atoms with Crippen molar-refractivity contribution in [3.63, 3.8) is 0 Å². The van der Waals surface area contributed by atoms with Crippen LogP contribution in [0.5, 0.6) is 5.75 Å². The van der Waals surface area contributed by atoms with Crippen molar-refractivity contribution in [1.29, 1.82) is 0 Å². The third-order valence-corrected chi connectivity index (χ3v) is 7.32. The molecule has 1 saturated heterocycles. The van der Waals surface area contributed by atoms with Crippen molar-refractivity contribution >= 4 is 28.4 Å². The van der Waals surface area contributed by atoms with Gasteiger partial charge in [-0.15, -0.1) is 0 Å². The van der Waals surface area contributed by atoms with Gasteiger partial charge in [0.2, 0.25) is 11.8 Å². The average Bonchev–Trinajstić information content (AvgIpc) is 3.29. The van der Waals surface area contributed by atoms with E-state index in [-0.39, 0.29) is 30.6 Å². The molecule has 3 heterocycles. The number of H-pyrrole nitrogens is 1. The number of aromatic nitrogens is 1. The Hall–Kier alpha value is -4.66. The Morgan fingerprint density at radius 2 is 1.76 bits per heavy atom. The summed E-state index contributed by atoms with van der Waals surface area (Å²) in [5, 5.41) is 12.2. The molecule has 0 aliphatic carbocycles. The Bertz CT molecular complexity index is 1540. The SMILES string of the molecule is COc1ccccc1CN1CC(=O)N2C(c3ccc([N+](=O)[O-])cc3)c3[nH]c4ccccc4c3C[C@H]2C1=O. The molecule has 3 aromatic carbocycles. The number of amides is 2. The highest BCUT2D eigenvalue weighted by Gasteiger charge is 2.48. The van der Waals surface area contributed by atoms with Gasteiger partial charge in [-0.3, -0.25) is 19.7 Å². The van der Waals surface area contributed by atoms with Crippen molar-refractivity contribution in [3.8, 4) is 5.75 Å². The summed E-state index contributed by atoms with van der Waals surface area (Å²) in [6.07, 6.45) is 0.385. The summed E-state index contributed by atoms with van der Waals surface area (Å²) in [4.78, 5) is 45.1. The molecular formula is C28H24N4O5. The van der Waals surface area contributed by atoms with Gasteiger partial charge in [0.15, 0.2) is 0 Å². The number of non-ortho nitro benzene ring substituents is 1. The fourth-order valence-electron chi connectivity index (χ4n) is 5.62. The summed E-state index contributed by atoms with van der Waals surface area (Å²) in [7, 11) is 1.58. The third kappa shape index (κ3) is 3.70. The lowest BCUT2D eigenvalue weighted by atomic mass is 9.86. The second-order valence-electron chi connectivity index (χ2n) is 9.34. The van der Waals surface area contributed by atoms with E-state index in [1.807, 2.05) is 48.5 Å². The van der Waals surface area contributed by atoms with Gasteiger partial charge in [0.05, 0.1) is 18.1 Å². The van der Waals surface area contributed by atoms with Crippen molar-refractivity contribution in [2.24, 2.45) is 0 Å². The van der Waals surface area contributed by atoms with E-state index < -0.39 is 17.0 Å². The lowest BCUT2D eigenvalue weighted by Gasteiger charge is -2.47. The molecule has 6 rings (SSSR count). The Morgan fingerprint density at radius 1 is 1.03 bits per heavy atom. The zero-order valence-corrected chi connectivity index (χ0v) is 20.1. The van der Waals surface area contributed by atoms with Gasteiger partial charge < -0.3 is 19.5 Å². The predicted molar refractivity (Wildman–Crippen MR) is 136 cm³/mol. The van der Waals surface area contributed by atoms with Crippen molar-refractivity contribution in [3.05, 3.63) is 105 Å². The minimum absolute atomic E-state index is 0.0305. The maximum Gasteiger partial charge on any atom is 0.269 e. The number of nitrogens with one attached hydrogen (secondary N) is 1. The van der Waals surface area contributed by atoms with E-state index in [9.17, 15) is 19.7 Å². The van der Waals surface area contributed by atoms with Crippen LogP contribution in [0.3, 0.4) is 0 Å². The highest BCUT2D eigenvalue weighted by molar-refractivity contribution is 5.97. The molecule has 1 N–H and O–H groups in total. The van der Waals surface area contributed by atoms with Gasteiger partial charge in [-0.1, -0.05) is 36.4 Å². The number of hydrogen-bond donors (Lipinski definition) is 1. The Kier molecular flexibility index (Phi) is 5.40. The largest absolute Gasteiger partial charge is 0.496 e. The first-order chi connectivity index (χ1) is 18.0. The quantitative estimate of drug-likeness (QED) is 0.332. The van der Waals surface area contributed by atoms with Crippen LogP contribution in [0.1, 0.15) is 28.4 Å². The van der Waals surface area contributed by atoms with E-state index >= 15 is 0 Å². The van der Waals surface area contributed by atoms with Crippen LogP contribution in [0.15, 0.2) is 72.8 Å². The van der Waals surface area contributed by atoms with Crippen LogP contribution in [-0.2, 0) is 22.6 Å². The maximum atomic E-state index is 13.9. The summed E-state index contributed by atoms with van der Waals surface area (Å²) in [6.45, 7) is 0.203. The van der Waals surface area contributed by atoms with Crippen LogP contribution in [0, 0.1) is 10.1 Å². The minimum Gasteiger partial charge on any atom is -0.496 e. The van der Waals surface area contributed by atoms with E-state index in [0.717, 1.165) is 27.7 Å². The number of para-hydroxylation sites is 2. The number of rotatable bonds is 5. The smallest absolute Gasteiger partial charge is 0.269 e. The monoisotopic (exact) mass is 496 g/mol. The number of benzene rings is 3. The molecule has 1 unspecified atom stereocenters. The van der Waals surface area contributed by atoms with E-state index in [2.05, 4.69) is 4.98 Å². The molecule has 2 aliphatic heterocycles. The Labute approximate surface area is 212 Å². The number of nitro benzene ring substituents is 1. The first-order valence-corrected chi connectivity index (χ1v) is 12.0. The molecule has 37 heavy (non-hydrogen) atoms. The zero-order valence-electron chi connectivity index (χ0n) is 20.1. The fraction of sp³-hybridized carbons (Fsp3) is 0.214. The number of methoxy groups -OCH3 is 1. The molecule has 1 fully saturated rings. The normalized spacial score (nSPS) is 19.1. The molecule has 2 atom stereocenters. The Morgan fingerprint density at radius 3 is 2.51 bits per heavy atom. The van der Waals surface area contributed by atoms with Crippen molar-refractivity contribution < 1.29 is 19.2 Å². The number of ether oxygens (including phenoxy) is 1. The molecular weight excluding hydrogens is 472 g/mol. The number of aromatic amines is 1. The molecule has 0 bridgehead atoms. The first-order valence-electron chi connectivity index (χ1n) is 12.0. The summed E-state index contributed by atoms with van der Waals surface area (Å²) >= 11 is 0. The second-order valence-corrected chi connectivity index (χ2v) is 9.34. The van der Waals surface area contributed by atoms with E-state index in [0.29, 0.717) is 17.7 Å². The van der Waals surface area contributed by atoms with Gasteiger partial charge >= 0.3 is 0 Å². The minimum atomic E-state index is -0.692. The standard InChI is InChI=1S/C28H24N4O5/c1-37-24-9-5-2-6-18(24)15-30-16-25(33)31-23(28(30)34)14-21-20-7-3-4-8-22(20)29-26(21)27(31)17-10-12-19(13-11-17)32(35)36/h2-13,23,27,29H,14-16H2,1H3/t23-,27?/m0/s1. The van der Waals surface area contributed by atoms with Crippen LogP contribution >= 0.6 is 0 Å². The second kappa shape index (κ2) is 8.77. The predicted octanol–water partition coefficient (Wildman–Crippen LogP) is 3.97. The topological polar surface area (TPSA) is 109 Å². The van der Waals surface area contributed by atoms with E-state index in [1.54, 1.807) is 29.0 Å². The van der Waals surface area contributed by atoms with Gasteiger partial charge in [-0.2, -0.15) is 0 Å². The van der Waals surface area contributed by atoms with E-state index in [4.69, 9.17) is 4.74 Å². The number of carbonyl (C=O) groups is 2. The van der Waals surface area contributed by atoms with Gasteiger partial charge in [-0.05, 0) is 35.4 Å². The number of nitrogens with zero attached hydrogens (tertiary/aromatic N) is 3. The highest BCUT2D eigenvalue weighted by Crippen LogP contribution is 2.43. The van der Waals surface area contributed by atoms with Crippen molar-refractivity contribution in [2.45, 2.75) is 25.0 Å². The Balaban J connectivity index is 1.44.